The van der Waals surface area contributed by atoms with Crippen LogP contribution in [0.3, 0.4) is 0 Å². The van der Waals surface area contributed by atoms with Crippen molar-refractivity contribution in [2.75, 3.05) is 41.0 Å². The predicted molar refractivity (Wildman–Crippen MR) is 188 cm³/mol. The van der Waals surface area contributed by atoms with Crippen LogP contribution in [0.1, 0.15) is 136 Å². The molecule has 1 N–H and O–H groups in total. The van der Waals surface area contributed by atoms with E-state index in [1.165, 1.54) is 25.7 Å². The summed E-state index contributed by atoms with van der Waals surface area (Å²) in [6.07, 6.45) is 30.5. The smallest absolute Gasteiger partial charge is 0.362 e. The number of carboxylic acid groups (broad SMARTS) is 1. The van der Waals surface area contributed by atoms with Gasteiger partial charge in [-0.1, -0.05) is 108 Å². The van der Waals surface area contributed by atoms with Gasteiger partial charge in [-0.05, 0) is 44.9 Å². The molecular formula is C38H68NO7+. The van der Waals surface area contributed by atoms with Crippen molar-refractivity contribution in [3.8, 4) is 0 Å². The molecule has 0 heterocycles. The molecule has 0 spiro atoms. The van der Waals surface area contributed by atoms with Gasteiger partial charge in [0.1, 0.15) is 6.61 Å². The Bertz CT molecular complexity index is 860. The van der Waals surface area contributed by atoms with Gasteiger partial charge in [0.15, 0.2) is 12.1 Å². The third-order valence-electron chi connectivity index (χ3n) is 7.80. The average molecular weight is 651 g/mol. The summed E-state index contributed by atoms with van der Waals surface area (Å²) in [5.74, 6) is -1.50. The summed E-state index contributed by atoms with van der Waals surface area (Å²) in [5, 5.41) is 9.55. The minimum Gasteiger partial charge on any atom is -0.477 e. The summed E-state index contributed by atoms with van der Waals surface area (Å²) in [7, 11) is 5.50. The Kier molecular flexibility index (Phi) is 28.3. The van der Waals surface area contributed by atoms with Gasteiger partial charge >= 0.3 is 17.9 Å². The normalized spacial score (nSPS) is 13.5. The molecule has 0 rings (SSSR count). The van der Waals surface area contributed by atoms with Crippen LogP contribution in [-0.4, -0.2) is 80.6 Å². The molecule has 0 saturated heterocycles. The highest BCUT2D eigenvalue weighted by Gasteiger charge is 2.31. The lowest BCUT2D eigenvalue weighted by molar-refractivity contribution is -0.887. The minimum absolute atomic E-state index is 0.0547. The molecule has 46 heavy (non-hydrogen) atoms. The van der Waals surface area contributed by atoms with Crippen LogP contribution in [0.4, 0.5) is 0 Å². The van der Waals surface area contributed by atoms with Crippen LogP contribution in [0.25, 0.3) is 0 Å². The first-order chi connectivity index (χ1) is 22.1. The fourth-order valence-corrected chi connectivity index (χ4v) is 4.99. The largest absolute Gasteiger partial charge is 0.477 e. The Balaban J connectivity index is 4.44. The van der Waals surface area contributed by atoms with E-state index in [1.54, 1.807) is 0 Å². The second kappa shape index (κ2) is 29.9. The Morgan fingerprint density at radius 1 is 0.674 bits per heavy atom. The zero-order valence-electron chi connectivity index (χ0n) is 30.0. The summed E-state index contributed by atoms with van der Waals surface area (Å²) in [6.45, 7) is 4.54. The summed E-state index contributed by atoms with van der Waals surface area (Å²) in [5.41, 5.74) is 0. The topological polar surface area (TPSA) is 99.1 Å². The van der Waals surface area contributed by atoms with Crippen molar-refractivity contribution in [3.63, 3.8) is 0 Å². The Morgan fingerprint density at radius 2 is 1.22 bits per heavy atom. The van der Waals surface area contributed by atoms with Crippen molar-refractivity contribution < 1.29 is 38.2 Å². The summed E-state index contributed by atoms with van der Waals surface area (Å²) in [4.78, 5) is 36.6. The number of esters is 2. The van der Waals surface area contributed by atoms with Gasteiger partial charge < -0.3 is 23.8 Å². The van der Waals surface area contributed by atoms with Crippen LogP contribution in [0, 0.1) is 0 Å². The number of unbranched alkanes of at least 4 members (excludes halogenated alkanes) is 11. The zero-order valence-corrected chi connectivity index (χ0v) is 30.0. The number of aliphatic carboxylic acids is 1. The third-order valence-corrected chi connectivity index (χ3v) is 7.80. The van der Waals surface area contributed by atoms with Crippen LogP contribution in [0.15, 0.2) is 36.5 Å². The lowest BCUT2D eigenvalue weighted by atomic mass is 10.1. The molecule has 0 aromatic heterocycles. The van der Waals surface area contributed by atoms with Gasteiger partial charge in [0.2, 0.25) is 0 Å². The summed E-state index contributed by atoms with van der Waals surface area (Å²) >= 11 is 0. The highest BCUT2D eigenvalue weighted by Crippen LogP contribution is 2.12. The quantitative estimate of drug-likeness (QED) is 0.0347. The molecule has 0 aromatic carbocycles. The number of carbonyl (C=O) groups excluding carboxylic acids is 2. The van der Waals surface area contributed by atoms with Crippen molar-refractivity contribution >= 4 is 17.9 Å². The molecule has 8 heteroatoms. The minimum atomic E-state index is -0.881. The molecular weight excluding hydrogens is 582 g/mol. The van der Waals surface area contributed by atoms with E-state index in [-0.39, 0.29) is 36.2 Å². The van der Waals surface area contributed by atoms with Crippen LogP contribution in [0.5, 0.6) is 0 Å². The Labute approximate surface area is 281 Å². The highest BCUT2D eigenvalue weighted by molar-refractivity contribution is 5.72. The van der Waals surface area contributed by atoms with Gasteiger partial charge in [0, 0.05) is 19.3 Å². The van der Waals surface area contributed by atoms with Gasteiger partial charge in [-0.3, -0.25) is 9.59 Å². The number of carboxylic acids is 1. The summed E-state index contributed by atoms with van der Waals surface area (Å²) < 4.78 is 17.1. The lowest BCUT2D eigenvalue weighted by Gasteiger charge is -2.31. The van der Waals surface area contributed by atoms with Crippen molar-refractivity contribution in [2.24, 2.45) is 0 Å². The van der Waals surface area contributed by atoms with Gasteiger partial charge in [-0.2, -0.15) is 0 Å². The van der Waals surface area contributed by atoms with E-state index in [0.717, 1.165) is 77.0 Å². The van der Waals surface area contributed by atoms with Gasteiger partial charge in [0.05, 0.1) is 34.4 Å². The fourth-order valence-electron chi connectivity index (χ4n) is 4.99. The molecule has 0 aliphatic rings. The van der Waals surface area contributed by atoms with Gasteiger partial charge in [-0.25, -0.2) is 4.79 Å². The number of rotatable bonds is 31. The van der Waals surface area contributed by atoms with Crippen molar-refractivity contribution in [1.82, 2.24) is 0 Å². The standard InChI is InChI=1S/C38H67NO7/c1-6-8-10-12-14-15-16-17-18-19-20-21-23-25-27-29-37(41)46-34(32-44-31-30-35(38(42)43)39(3,4)5)33-45-36(40)28-26-24-22-13-11-9-7-2/h8,10,14-15,17-18,34-35H,6-7,9,11-13,16,19-33H2,1-5H3/p+1/b10-8-,15-14-,18-17-. The maximum Gasteiger partial charge on any atom is 0.362 e. The van der Waals surface area contributed by atoms with Gasteiger partial charge in [0.25, 0.3) is 0 Å². The molecule has 0 aliphatic heterocycles. The van der Waals surface area contributed by atoms with E-state index >= 15 is 0 Å². The monoisotopic (exact) mass is 650 g/mol. The number of likely N-dealkylation sites (N-methyl/N-ethyl adjacent to an activating group) is 1. The SMILES string of the molecule is CC/C=C\C/C=C\C/C=C\CCCCCCCC(=O)OC(COCCC(C(=O)O)[N+](C)(C)C)COC(=O)CCCCCCCCC. The van der Waals surface area contributed by atoms with Crippen molar-refractivity contribution in [2.45, 2.75) is 148 Å². The van der Waals surface area contributed by atoms with Crippen LogP contribution < -0.4 is 0 Å². The van der Waals surface area contributed by atoms with Crippen molar-refractivity contribution in [1.29, 1.82) is 0 Å². The van der Waals surface area contributed by atoms with E-state index in [0.29, 0.717) is 19.3 Å². The first-order valence-corrected chi connectivity index (χ1v) is 18.0. The molecule has 0 saturated carbocycles. The van der Waals surface area contributed by atoms with E-state index < -0.39 is 18.1 Å². The first-order valence-electron chi connectivity index (χ1n) is 18.0. The number of hydrogen-bond donors (Lipinski definition) is 1. The number of allylic oxidation sites excluding steroid dienone is 6. The Hall–Kier alpha value is -2.45. The predicted octanol–water partition coefficient (Wildman–Crippen LogP) is 8.74. The number of nitrogens with zero attached hydrogens (tertiary/aromatic N) is 1. The van der Waals surface area contributed by atoms with E-state index in [1.807, 2.05) is 21.1 Å². The average Bonchev–Trinajstić information content (AvgIpc) is 3.00. The molecule has 0 aromatic rings. The van der Waals surface area contributed by atoms with E-state index in [9.17, 15) is 19.5 Å². The van der Waals surface area contributed by atoms with Crippen molar-refractivity contribution in [3.05, 3.63) is 36.5 Å². The first kappa shape index (κ1) is 43.5. The number of hydrogen-bond acceptors (Lipinski definition) is 6. The molecule has 0 aliphatic carbocycles. The maximum absolute atomic E-state index is 12.6. The number of carbonyl (C=O) groups is 3. The molecule has 0 amide bonds. The molecule has 0 radical (unpaired) electrons. The third kappa shape index (κ3) is 27.8. The zero-order chi connectivity index (χ0) is 34.3. The second-order valence-corrected chi connectivity index (χ2v) is 13.1. The van der Waals surface area contributed by atoms with E-state index in [2.05, 4.69) is 50.3 Å². The van der Waals surface area contributed by atoms with Crippen LogP contribution in [0.2, 0.25) is 0 Å². The summed E-state index contributed by atoms with van der Waals surface area (Å²) in [6, 6.07) is -0.614. The fraction of sp³-hybridized carbons (Fsp3) is 0.763. The van der Waals surface area contributed by atoms with Crippen LogP contribution >= 0.6 is 0 Å². The number of ether oxygens (including phenoxy) is 3. The maximum atomic E-state index is 12.6. The molecule has 0 fully saturated rings. The van der Waals surface area contributed by atoms with Gasteiger partial charge in [-0.15, -0.1) is 0 Å². The Morgan fingerprint density at radius 3 is 1.80 bits per heavy atom. The highest BCUT2D eigenvalue weighted by atomic mass is 16.6. The second-order valence-electron chi connectivity index (χ2n) is 13.1. The molecule has 8 nitrogen and oxygen atoms in total. The molecule has 0 bridgehead atoms. The molecule has 2 unspecified atom stereocenters. The van der Waals surface area contributed by atoms with Crippen LogP contribution in [-0.2, 0) is 28.6 Å². The lowest BCUT2D eigenvalue weighted by Crippen LogP contribution is -2.50. The molecule has 266 valence electrons. The molecule has 2 atom stereocenters. The van der Waals surface area contributed by atoms with E-state index in [4.69, 9.17) is 14.2 Å². The number of quaternary nitrogens is 1.